The normalized spacial score (nSPS) is 20.9. The number of aromatic nitrogens is 2. The molecule has 1 amide bonds. The molecular formula is C24H32N4O. The fourth-order valence-electron chi connectivity index (χ4n) is 4.64. The molecule has 2 aliphatic rings. The zero-order chi connectivity index (χ0) is 20.2. The van der Waals surface area contributed by atoms with Gasteiger partial charge in [-0.1, -0.05) is 37.3 Å². The third kappa shape index (κ3) is 4.67. The lowest BCUT2D eigenvalue weighted by Crippen LogP contribution is -2.38. The second-order valence-electron chi connectivity index (χ2n) is 8.55. The monoisotopic (exact) mass is 392 g/mol. The lowest BCUT2D eigenvalue weighted by atomic mass is 9.97. The average molecular weight is 393 g/mol. The van der Waals surface area contributed by atoms with E-state index in [1.807, 2.05) is 11.1 Å². The van der Waals surface area contributed by atoms with Crippen LogP contribution in [0.5, 0.6) is 0 Å². The van der Waals surface area contributed by atoms with Crippen molar-refractivity contribution in [3.05, 3.63) is 59.2 Å². The van der Waals surface area contributed by atoms with E-state index >= 15 is 0 Å². The first kappa shape index (κ1) is 20.0. The maximum absolute atomic E-state index is 12.0. The zero-order valence-electron chi connectivity index (χ0n) is 17.7. The van der Waals surface area contributed by atoms with E-state index in [1.165, 1.54) is 16.8 Å². The van der Waals surface area contributed by atoms with Crippen LogP contribution in [-0.4, -0.2) is 45.3 Å². The first-order chi connectivity index (χ1) is 14.1. The molecule has 0 unspecified atom stereocenters. The number of benzene rings is 1. The van der Waals surface area contributed by atoms with Crippen molar-refractivity contribution < 1.29 is 4.79 Å². The Balaban J connectivity index is 1.38. The van der Waals surface area contributed by atoms with E-state index in [2.05, 4.69) is 42.2 Å². The Morgan fingerprint density at radius 1 is 1.21 bits per heavy atom. The average Bonchev–Trinajstić information content (AvgIpc) is 2.77. The molecule has 0 radical (unpaired) electrons. The number of nitrogens with zero attached hydrogens (tertiary/aromatic N) is 4. The quantitative estimate of drug-likeness (QED) is 0.769. The van der Waals surface area contributed by atoms with E-state index in [0.717, 1.165) is 64.1 Å². The molecule has 1 aromatic carbocycles. The number of piperidine rings is 1. The van der Waals surface area contributed by atoms with Crippen LogP contribution in [0.4, 0.5) is 0 Å². The minimum atomic E-state index is 0.0521. The van der Waals surface area contributed by atoms with Gasteiger partial charge in [-0.2, -0.15) is 0 Å². The topological polar surface area (TPSA) is 49.3 Å². The summed E-state index contributed by atoms with van der Waals surface area (Å²) in [6.45, 7) is 7.87. The van der Waals surface area contributed by atoms with Crippen LogP contribution < -0.4 is 0 Å². The summed E-state index contributed by atoms with van der Waals surface area (Å²) in [5.74, 6) is 1.54. The van der Waals surface area contributed by atoms with Crippen molar-refractivity contribution in [2.75, 3.05) is 19.6 Å². The highest BCUT2D eigenvalue weighted by Gasteiger charge is 2.29. The number of hydrogen-bond donors (Lipinski definition) is 0. The van der Waals surface area contributed by atoms with Gasteiger partial charge in [-0.3, -0.25) is 9.69 Å². The standard InChI is InChI=1S/C24H32N4O/c1-18(20-8-4-3-5-9-20)11-14-27-15-12-22-21(17-27)16-25-24(26-22)23-10-6-7-13-28(23)19(2)29/h3-5,8-9,16,18,23H,6-7,10-15,17H2,1-2H3/t18-,23-/m0/s1. The molecule has 1 fully saturated rings. The maximum atomic E-state index is 12.0. The van der Waals surface area contributed by atoms with Gasteiger partial charge in [0.15, 0.2) is 5.82 Å². The van der Waals surface area contributed by atoms with E-state index in [4.69, 9.17) is 9.97 Å². The number of likely N-dealkylation sites (tertiary alicyclic amines) is 1. The molecule has 1 saturated heterocycles. The van der Waals surface area contributed by atoms with Gasteiger partial charge in [-0.25, -0.2) is 9.97 Å². The Kier molecular flexibility index (Phi) is 6.24. The molecule has 0 saturated carbocycles. The highest BCUT2D eigenvalue weighted by atomic mass is 16.2. The Hall–Kier alpha value is -2.27. The SMILES string of the molecule is CC(=O)N1CCCC[C@H]1c1ncc2c(n1)CCN(CC[C@H](C)c1ccccc1)C2. The van der Waals surface area contributed by atoms with E-state index < -0.39 is 0 Å². The number of rotatable bonds is 5. The summed E-state index contributed by atoms with van der Waals surface area (Å²) in [5, 5.41) is 0. The summed E-state index contributed by atoms with van der Waals surface area (Å²) in [6.07, 6.45) is 7.34. The smallest absolute Gasteiger partial charge is 0.220 e. The number of hydrogen-bond acceptors (Lipinski definition) is 4. The number of carbonyl (C=O) groups is 1. The van der Waals surface area contributed by atoms with Gasteiger partial charge in [0, 0.05) is 50.4 Å². The van der Waals surface area contributed by atoms with Gasteiger partial charge in [-0.05, 0) is 43.7 Å². The lowest BCUT2D eigenvalue weighted by molar-refractivity contribution is -0.132. The molecular weight excluding hydrogens is 360 g/mol. The first-order valence-corrected chi connectivity index (χ1v) is 11.0. The highest BCUT2D eigenvalue weighted by molar-refractivity contribution is 5.73. The molecule has 0 N–H and O–H groups in total. The van der Waals surface area contributed by atoms with Crippen LogP contribution >= 0.6 is 0 Å². The molecule has 2 aromatic rings. The van der Waals surface area contributed by atoms with Gasteiger partial charge in [0.2, 0.25) is 5.91 Å². The molecule has 0 bridgehead atoms. The van der Waals surface area contributed by atoms with Crippen LogP contribution in [0.25, 0.3) is 0 Å². The molecule has 5 heteroatoms. The van der Waals surface area contributed by atoms with Crippen molar-refractivity contribution in [2.24, 2.45) is 0 Å². The summed E-state index contributed by atoms with van der Waals surface area (Å²) < 4.78 is 0. The minimum Gasteiger partial charge on any atom is -0.333 e. The highest BCUT2D eigenvalue weighted by Crippen LogP contribution is 2.30. The first-order valence-electron chi connectivity index (χ1n) is 11.0. The molecule has 3 heterocycles. The second-order valence-corrected chi connectivity index (χ2v) is 8.55. The van der Waals surface area contributed by atoms with Crippen LogP contribution in [0.1, 0.15) is 74.1 Å². The molecule has 0 spiro atoms. The third-order valence-corrected chi connectivity index (χ3v) is 6.48. The van der Waals surface area contributed by atoms with Crippen molar-refractivity contribution in [3.8, 4) is 0 Å². The number of fused-ring (bicyclic) bond motifs is 1. The largest absolute Gasteiger partial charge is 0.333 e. The van der Waals surface area contributed by atoms with Gasteiger partial charge in [0.05, 0.1) is 6.04 Å². The summed E-state index contributed by atoms with van der Waals surface area (Å²) in [7, 11) is 0. The second kappa shape index (κ2) is 9.04. The summed E-state index contributed by atoms with van der Waals surface area (Å²) >= 11 is 0. The predicted octanol–water partition coefficient (Wildman–Crippen LogP) is 4.10. The van der Waals surface area contributed by atoms with Crippen LogP contribution in [0, 0.1) is 0 Å². The van der Waals surface area contributed by atoms with E-state index in [9.17, 15) is 4.79 Å². The van der Waals surface area contributed by atoms with Crippen molar-refractivity contribution in [1.82, 2.24) is 19.8 Å². The van der Waals surface area contributed by atoms with E-state index in [1.54, 1.807) is 6.92 Å². The van der Waals surface area contributed by atoms with Crippen molar-refractivity contribution in [3.63, 3.8) is 0 Å². The predicted molar refractivity (Wildman–Crippen MR) is 114 cm³/mol. The van der Waals surface area contributed by atoms with Crippen LogP contribution in [-0.2, 0) is 17.8 Å². The summed E-state index contributed by atoms with van der Waals surface area (Å²) in [5.41, 5.74) is 3.84. The molecule has 2 aliphatic heterocycles. The van der Waals surface area contributed by atoms with E-state index in [0.29, 0.717) is 5.92 Å². The summed E-state index contributed by atoms with van der Waals surface area (Å²) in [6, 6.07) is 10.8. The number of carbonyl (C=O) groups excluding carboxylic acids is 1. The maximum Gasteiger partial charge on any atom is 0.220 e. The molecule has 4 rings (SSSR count). The van der Waals surface area contributed by atoms with Gasteiger partial charge >= 0.3 is 0 Å². The van der Waals surface area contributed by atoms with E-state index in [-0.39, 0.29) is 11.9 Å². The van der Waals surface area contributed by atoms with Crippen LogP contribution in [0.2, 0.25) is 0 Å². The Morgan fingerprint density at radius 3 is 2.83 bits per heavy atom. The molecule has 29 heavy (non-hydrogen) atoms. The Morgan fingerprint density at radius 2 is 2.03 bits per heavy atom. The zero-order valence-corrected chi connectivity index (χ0v) is 17.7. The molecule has 5 nitrogen and oxygen atoms in total. The molecule has 1 aromatic heterocycles. The lowest BCUT2D eigenvalue weighted by Gasteiger charge is -2.35. The fourth-order valence-corrected chi connectivity index (χ4v) is 4.64. The van der Waals surface area contributed by atoms with Crippen molar-refractivity contribution in [1.29, 1.82) is 0 Å². The Bertz CT molecular complexity index is 838. The van der Waals surface area contributed by atoms with Crippen molar-refractivity contribution in [2.45, 2.75) is 64.5 Å². The van der Waals surface area contributed by atoms with Gasteiger partial charge < -0.3 is 4.90 Å². The Labute approximate surface area is 174 Å². The minimum absolute atomic E-state index is 0.0521. The number of amides is 1. The molecule has 0 aliphatic carbocycles. The van der Waals surface area contributed by atoms with Gasteiger partial charge in [0.25, 0.3) is 0 Å². The van der Waals surface area contributed by atoms with Crippen molar-refractivity contribution >= 4 is 5.91 Å². The van der Waals surface area contributed by atoms with Gasteiger partial charge in [-0.15, -0.1) is 0 Å². The summed E-state index contributed by atoms with van der Waals surface area (Å²) in [4.78, 5) is 26.1. The third-order valence-electron chi connectivity index (χ3n) is 6.48. The van der Waals surface area contributed by atoms with Gasteiger partial charge in [0.1, 0.15) is 0 Å². The molecule has 2 atom stereocenters. The molecule has 154 valence electrons. The van der Waals surface area contributed by atoms with Crippen LogP contribution in [0.3, 0.4) is 0 Å². The fraction of sp³-hybridized carbons (Fsp3) is 0.542. The van der Waals surface area contributed by atoms with Crippen LogP contribution in [0.15, 0.2) is 36.5 Å².